The van der Waals surface area contributed by atoms with Crippen LogP contribution in [-0.2, 0) is 22.6 Å². The number of rotatable bonds is 5. The van der Waals surface area contributed by atoms with Gasteiger partial charge in [0.15, 0.2) is 0 Å². The minimum absolute atomic E-state index is 0.253. The fourth-order valence-corrected chi connectivity index (χ4v) is 3.79. The average Bonchev–Trinajstić information content (AvgIpc) is 3.16. The Morgan fingerprint density at radius 1 is 1.00 bits per heavy atom. The van der Waals surface area contributed by atoms with E-state index in [1.165, 1.54) is 17.6 Å². The van der Waals surface area contributed by atoms with Crippen LogP contribution in [0.5, 0.6) is 5.75 Å². The molecular formula is C25H23NO4. The minimum atomic E-state index is -0.670. The Bertz CT molecular complexity index is 1090. The maximum absolute atomic E-state index is 13.4. The third-order valence-corrected chi connectivity index (χ3v) is 5.24. The van der Waals surface area contributed by atoms with E-state index in [1.54, 1.807) is 18.2 Å². The van der Waals surface area contributed by atoms with Crippen LogP contribution in [0.4, 0.5) is 5.69 Å². The number of fused-ring (bicyclic) bond motifs is 1. The van der Waals surface area contributed by atoms with Gasteiger partial charge in [0, 0.05) is 17.7 Å². The molecule has 0 spiro atoms. The van der Waals surface area contributed by atoms with Gasteiger partial charge in [-0.3, -0.25) is 9.69 Å². The highest BCUT2D eigenvalue weighted by atomic mass is 16.5. The number of amides is 1. The summed E-state index contributed by atoms with van der Waals surface area (Å²) >= 11 is 0. The number of carbonyl (C=O) groups is 2. The fourth-order valence-electron chi connectivity index (χ4n) is 3.79. The zero-order chi connectivity index (χ0) is 21.1. The van der Waals surface area contributed by atoms with Crippen molar-refractivity contribution < 1.29 is 19.1 Å². The molecule has 5 heteroatoms. The molecule has 1 unspecified atom stereocenters. The van der Waals surface area contributed by atoms with Gasteiger partial charge in [-0.2, -0.15) is 0 Å². The Balaban J connectivity index is 1.58. The van der Waals surface area contributed by atoms with E-state index in [-0.39, 0.29) is 5.91 Å². The first-order valence-electron chi connectivity index (χ1n) is 9.84. The molecule has 1 atom stereocenters. The molecule has 30 heavy (non-hydrogen) atoms. The maximum atomic E-state index is 13.4. The number of anilines is 1. The van der Waals surface area contributed by atoms with E-state index < -0.39 is 12.0 Å². The molecule has 1 aliphatic heterocycles. The van der Waals surface area contributed by atoms with Crippen molar-refractivity contribution in [3.05, 3.63) is 95.1 Å². The lowest BCUT2D eigenvalue weighted by Crippen LogP contribution is -2.43. The van der Waals surface area contributed by atoms with E-state index in [4.69, 9.17) is 9.47 Å². The van der Waals surface area contributed by atoms with Gasteiger partial charge in [0.1, 0.15) is 18.4 Å². The average molecular weight is 401 g/mol. The molecule has 1 heterocycles. The number of ether oxygens (including phenoxy) is 2. The van der Waals surface area contributed by atoms with Crippen molar-refractivity contribution in [3.63, 3.8) is 0 Å². The molecule has 3 aromatic carbocycles. The topological polar surface area (TPSA) is 55.8 Å². The third-order valence-electron chi connectivity index (χ3n) is 5.24. The van der Waals surface area contributed by atoms with E-state index in [0.29, 0.717) is 24.3 Å². The van der Waals surface area contributed by atoms with Crippen molar-refractivity contribution in [1.82, 2.24) is 0 Å². The molecule has 0 N–H and O–H groups in total. The summed E-state index contributed by atoms with van der Waals surface area (Å²) in [7, 11) is 1.34. The molecule has 1 aliphatic rings. The lowest BCUT2D eigenvalue weighted by Gasteiger charge is -2.24. The largest absolute Gasteiger partial charge is 0.489 e. The number of hydrogen-bond acceptors (Lipinski definition) is 4. The van der Waals surface area contributed by atoms with Crippen LogP contribution in [0.25, 0.3) is 0 Å². The summed E-state index contributed by atoms with van der Waals surface area (Å²) in [6, 6.07) is 22.0. The van der Waals surface area contributed by atoms with E-state index >= 15 is 0 Å². The van der Waals surface area contributed by atoms with Crippen molar-refractivity contribution in [2.75, 3.05) is 12.0 Å². The van der Waals surface area contributed by atoms with Gasteiger partial charge in [-0.15, -0.1) is 0 Å². The monoisotopic (exact) mass is 401 g/mol. The number of benzene rings is 3. The fraction of sp³-hybridized carbons (Fsp3) is 0.200. The van der Waals surface area contributed by atoms with Crippen LogP contribution >= 0.6 is 0 Å². The van der Waals surface area contributed by atoms with Crippen molar-refractivity contribution >= 4 is 17.6 Å². The van der Waals surface area contributed by atoms with Gasteiger partial charge in [0.25, 0.3) is 5.91 Å². The highest BCUT2D eigenvalue weighted by Crippen LogP contribution is 2.34. The molecule has 0 aromatic heterocycles. The highest BCUT2D eigenvalue weighted by molar-refractivity contribution is 6.11. The molecule has 0 fully saturated rings. The Morgan fingerprint density at radius 2 is 1.80 bits per heavy atom. The number of methoxy groups -OCH3 is 1. The predicted octanol–water partition coefficient (Wildman–Crippen LogP) is 4.32. The van der Waals surface area contributed by atoms with Crippen LogP contribution < -0.4 is 9.64 Å². The number of hydrogen-bond donors (Lipinski definition) is 0. The van der Waals surface area contributed by atoms with E-state index in [0.717, 1.165) is 16.8 Å². The Labute approximate surface area is 175 Å². The second-order valence-electron chi connectivity index (χ2n) is 7.35. The van der Waals surface area contributed by atoms with Gasteiger partial charge in [-0.05, 0) is 42.3 Å². The summed E-state index contributed by atoms with van der Waals surface area (Å²) in [6.45, 7) is 2.45. The summed E-state index contributed by atoms with van der Waals surface area (Å²) in [5.74, 6) is -0.0767. The molecule has 0 saturated heterocycles. The zero-order valence-corrected chi connectivity index (χ0v) is 17.0. The lowest BCUT2D eigenvalue weighted by atomic mass is 10.1. The molecule has 4 rings (SSSR count). The molecule has 0 radical (unpaired) electrons. The van der Waals surface area contributed by atoms with Gasteiger partial charge in [-0.1, -0.05) is 54.1 Å². The predicted molar refractivity (Wildman–Crippen MR) is 115 cm³/mol. The summed E-state index contributed by atoms with van der Waals surface area (Å²) < 4.78 is 10.8. The molecule has 152 valence electrons. The normalized spacial score (nSPS) is 14.9. The SMILES string of the molecule is COC(=O)C1Cc2ccccc2N1C(=O)c1cccc(OCc2cccc(C)c2)c1. The Morgan fingerprint density at radius 3 is 2.60 bits per heavy atom. The summed E-state index contributed by atoms with van der Waals surface area (Å²) in [4.78, 5) is 27.2. The van der Waals surface area contributed by atoms with E-state index in [1.807, 2.05) is 55.5 Å². The molecule has 5 nitrogen and oxygen atoms in total. The lowest BCUT2D eigenvalue weighted by molar-refractivity contribution is -0.141. The van der Waals surface area contributed by atoms with Crippen LogP contribution in [0.2, 0.25) is 0 Å². The van der Waals surface area contributed by atoms with Gasteiger partial charge >= 0.3 is 5.97 Å². The van der Waals surface area contributed by atoms with Gasteiger partial charge in [0.2, 0.25) is 0 Å². The van der Waals surface area contributed by atoms with E-state index in [2.05, 4.69) is 6.07 Å². The van der Waals surface area contributed by atoms with E-state index in [9.17, 15) is 9.59 Å². The molecule has 0 saturated carbocycles. The second-order valence-corrected chi connectivity index (χ2v) is 7.35. The first-order valence-corrected chi connectivity index (χ1v) is 9.84. The number of para-hydroxylation sites is 1. The third kappa shape index (κ3) is 3.92. The molecule has 3 aromatic rings. The first kappa shape index (κ1) is 19.7. The van der Waals surface area contributed by atoms with Gasteiger partial charge < -0.3 is 9.47 Å². The molecule has 1 amide bonds. The van der Waals surface area contributed by atoms with Gasteiger partial charge in [-0.25, -0.2) is 4.79 Å². The van der Waals surface area contributed by atoms with Crippen molar-refractivity contribution in [2.45, 2.75) is 26.0 Å². The molecule has 0 bridgehead atoms. The quantitative estimate of drug-likeness (QED) is 0.598. The van der Waals surface area contributed by atoms with Crippen molar-refractivity contribution in [3.8, 4) is 5.75 Å². The number of aryl methyl sites for hydroxylation is 1. The van der Waals surface area contributed by atoms with Gasteiger partial charge in [0.05, 0.1) is 7.11 Å². The maximum Gasteiger partial charge on any atom is 0.329 e. The van der Waals surface area contributed by atoms with Crippen molar-refractivity contribution in [1.29, 1.82) is 0 Å². The Kier molecular flexibility index (Phi) is 5.53. The standard InChI is InChI=1S/C25H23NO4/c1-17-7-5-8-18(13-17)16-30-21-11-6-10-20(14-21)24(27)26-22-12-4-3-9-19(22)15-23(26)25(28)29-2/h3-14,23H,15-16H2,1-2H3. The Hall–Kier alpha value is -3.60. The number of esters is 1. The van der Waals surface area contributed by atoms with Crippen LogP contribution in [0.15, 0.2) is 72.8 Å². The second kappa shape index (κ2) is 8.41. The summed E-state index contributed by atoms with van der Waals surface area (Å²) in [5, 5.41) is 0. The van der Waals surface area contributed by atoms with Crippen LogP contribution in [0.3, 0.4) is 0 Å². The molecular weight excluding hydrogens is 378 g/mol. The number of nitrogens with zero attached hydrogens (tertiary/aromatic N) is 1. The summed E-state index contributed by atoms with van der Waals surface area (Å²) in [5.41, 5.74) is 4.38. The van der Waals surface area contributed by atoms with Crippen LogP contribution in [-0.4, -0.2) is 25.0 Å². The number of carbonyl (C=O) groups excluding carboxylic acids is 2. The first-order chi connectivity index (χ1) is 14.6. The minimum Gasteiger partial charge on any atom is -0.489 e. The van der Waals surface area contributed by atoms with Crippen molar-refractivity contribution in [2.24, 2.45) is 0 Å². The van der Waals surface area contributed by atoms with Crippen LogP contribution in [0.1, 0.15) is 27.0 Å². The van der Waals surface area contributed by atoms with Crippen LogP contribution in [0, 0.1) is 6.92 Å². The smallest absolute Gasteiger partial charge is 0.329 e. The highest BCUT2D eigenvalue weighted by Gasteiger charge is 2.39. The molecule has 0 aliphatic carbocycles. The zero-order valence-electron chi connectivity index (χ0n) is 17.0. The summed E-state index contributed by atoms with van der Waals surface area (Å²) in [6.07, 6.45) is 0.443.